The SMILES string of the molecule is CCNCc1cccc(Cl)c1N(C)CCO. The minimum absolute atomic E-state index is 0.127. The van der Waals surface area contributed by atoms with Gasteiger partial charge < -0.3 is 15.3 Å². The van der Waals surface area contributed by atoms with Crippen molar-refractivity contribution in [3.05, 3.63) is 28.8 Å². The number of aliphatic hydroxyl groups excluding tert-OH is 1. The summed E-state index contributed by atoms with van der Waals surface area (Å²) < 4.78 is 0. The van der Waals surface area contributed by atoms with Crippen molar-refractivity contribution in [3.8, 4) is 0 Å². The first kappa shape index (κ1) is 13.3. The van der Waals surface area contributed by atoms with Gasteiger partial charge in [0.15, 0.2) is 0 Å². The summed E-state index contributed by atoms with van der Waals surface area (Å²) in [7, 11) is 1.94. The third-order valence-electron chi connectivity index (χ3n) is 2.45. The zero-order valence-corrected chi connectivity index (χ0v) is 10.6. The predicted octanol–water partition coefficient (Wildman–Crippen LogP) is 1.88. The van der Waals surface area contributed by atoms with Crippen molar-refractivity contribution in [2.24, 2.45) is 0 Å². The molecule has 90 valence electrons. The fourth-order valence-corrected chi connectivity index (χ4v) is 1.99. The van der Waals surface area contributed by atoms with Crippen LogP contribution in [0.4, 0.5) is 5.69 Å². The van der Waals surface area contributed by atoms with E-state index in [1.54, 1.807) is 0 Å². The summed E-state index contributed by atoms with van der Waals surface area (Å²) in [6.45, 7) is 4.50. The summed E-state index contributed by atoms with van der Waals surface area (Å²) in [5.41, 5.74) is 2.16. The highest BCUT2D eigenvalue weighted by molar-refractivity contribution is 6.33. The zero-order valence-electron chi connectivity index (χ0n) is 9.83. The van der Waals surface area contributed by atoms with Crippen LogP contribution in [-0.4, -0.2) is 31.9 Å². The Hall–Kier alpha value is -0.770. The van der Waals surface area contributed by atoms with E-state index in [-0.39, 0.29) is 6.61 Å². The molecule has 0 bridgehead atoms. The van der Waals surface area contributed by atoms with Gasteiger partial charge in [-0.05, 0) is 18.2 Å². The van der Waals surface area contributed by atoms with Gasteiger partial charge in [-0.15, -0.1) is 0 Å². The van der Waals surface area contributed by atoms with Crippen molar-refractivity contribution in [1.82, 2.24) is 5.32 Å². The third-order valence-corrected chi connectivity index (χ3v) is 2.76. The second kappa shape index (κ2) is 6.74. The number of benzene rings is 1. The number of anilines is 1. The lowest BCUT2D eigenvalue weighted by molar-refractivity contribution is 0.304. The largest absolute Gasteiger partial charge is 0.395 e. The number of hydrogen-bond donors (Lipinski definition) is 2. The van der Waals surface area contributed by atoms with Crippen LogP contribution in [0.3, 0.4) is 0 Å². The lowest BCUT2D eigenvalue weighted by Gasteiger charge is -2.23. The highest BCUT2D eigenvalue weighted by Gasteiger charge is 2.10. The molecule has 0 saturated heterocycles. The Kier molecular flexibility index (Phi) is 5.60. The molecule has 0 atom stereocenters. The van der Waals surface area contributed by atoms with E-state index in [4.69, 9.17) is 16.7 Å². The lowest BCUT2D eigenvalue weighted by Crippen LogP contribution is -2.24. The molecule has 0 spiro atoms. The van der Waals surface area contributed by atoms with Crippen LogP contribution in [0.2, 0.25) is 5.02 Å². The van der Waals surface area contributed by atoms with Crippen LogP contribution in [0, 0.1) is 0 Å². The molecule has 0 heterocycles. The van der Waals surface area contributed by atoms with Crippen LogP contribution in [-0.2, 0) is 6.54 Å². The Morgan fingerprint density at radius 1 is 1.44 bits per heavy atom. The van der Waals surface area contributed by atoms with Crippen LogP contribution < -0.4 is 10.2 Å². The highest BCUT2D eigenvalue weighted by Crippen LogP contribution is 2.28. The van der Waals surface area contributed by atoms with Crippen molar-refractivity contribution in [2.45, 2.75) is 13.5 Å². The minimum atomic E-state index is 0.127. The molecule has 0 radical (unpaired) electrons. The fraction of sp³-hybridized carbons (Fsp3) is 0.500. The molecule has 1 aromatic carbocycles. The maximum Gasteiger partial charge on any atom is 0.0642 e. The Morgan fingerprint density at radius 2 is 2.19 bits per heavy atom. The van der Waals surface area contributed by atoms with Crippen LogP contribution in [0.25, 0.3) is 0 Å². The quantitative estimate of drug-likeness (QED) is 0.800. The zero-order chi connectivity index (χ0) is 12.0. The molecule has 0 fully saturated rings. The van der Waals surface area contributed by atoms with Crippen molar-refractivity contribution in [1.29, 1.82) is 0 Å². The van der Waals surface area contributed by atoms with Gasteiger partial charge in [-0.3, -0.25) is 0 Å². The number of para-hydroxylation sites is 1. The van der Waals surface area contributed by atoms with Gasteiger partial charge in [0.25, 0.3) is 0 Å². The number of nitrogens with zero attached hydrogens (tertiary/aromatic N) is 1. The van der Waals surface area contributed by atoms with E-state index < -0.39 is 0 Å². The Balaban J connectivity index is 2.93. The molecule has 3 nitrogen and oxygen atoms in total. The van der Waals surface area contributed by atoms with Crippen molar-refractivity contribution < 1.29 is 5.11 Å². The van der Waals surface area contributed by atoms with E-state index in [1.165, 1.54) is 0 Å². The van der Waals surface area contributed by atoms with Crippen molar-refractivity contribution in [3.63, 3.8) is 0 Å². The molecule has 0 amide bonds. The van der Waals surface area contributed by atoms with Gasteiger partial charge in [-0.1, -0.05) is 30.7 Å². The van der Waals surface area contributed by atoms with Crippen LogP contribution in [0.5, 0.6) is 0 Å². The molecule has 0 unspecified atom stereocenters. The standard InChI is InChI=1S/C12H19ClN2O/c1-3-14-9-10-5-4-6-11(13)12(10)15(2)7-8-16/h4-6,14,16H,3,7-9H2,1-2H3. The third kappa shape index (κ3) is 3.37. The highest BCUT2D eigenvalue weighted by atomic mass is 35.5. The summed E-state index contributed by atoms with van der Waals surface area (Å²) in [5.74, 6) is 0. The maximum absolute atomic E-state index is 8.96. The van der Waals surface area contributed by atoms with Gasteiger partial charge in [-0.2, -0.15) is 0 Å². The molecule has 2 N–H and O–H groups in total. The van der Waals surface area contributed by atoms with Gasteiger partial charge in [0, 0.05) is 20.1 Å². The number of nitrogens with one attached hydrogen (secondary N) is 1. The first-order chi connectivity index (χ1) is 7.70. The Morgan fingerprint density at radius 3 is 2.81 bits per heavy atom. The lowest BCUT2D eigenvalue weighted by atomic mass is 10.1. The average molecular weight is 243 g/mol. The van der Waals surface area contributed by atoms with E-state index >= 15 is 0 Å². The Bertz CT molecular complexity index is 331. The first-order valence-corrected chi connectivity index (χ1v) is 5.88. The molecule has 1 aromatic rings. The van der Waals surface area contributed by atoms with Crippen LogP contribution >= 0.6 is 11.6 Å². The number of aliphatic hydroxyl groups is 1. The normalized spacial score (nSPS) is 10.5. The summed E-state index contributed by atoms with van der Waals surface area (Å²) in [6, 6.07) is 5.88. The van der Waals surface area contributed by atoms with Gasteiger partial charge in [-0.25, -0.2) is 0 Å². The van der Waals surface area contributed by atoms with Crippen molar-refractivity contribution in [2.75, 3.05) is 31.6 Å². The number of halogens is 1. The monoisotopic (exact) mass is 242 g/mol. The molecular weight excluding hydrogens is 224 g/mol. The summed E-state index contributed by atoms with van der Waals surface area (Å²) >= 11 is 6.19. The van der Waals surface area contributed by atoms with Gasteiger partial charge in [0.1, 0.15) is 0 Å². The summed E-state index contributed by atoms with van der Waals surface area (Å²) in [4.78, 5) is 1.98. The van der Waals surface area contributed by atoms with Crippen molar-refractivity contribution >= 4 is 17.3 Å². The molecule has 0 aliphatic carbocycles. The second-order valence-electron chi connectivity index (χ2n) is 3.67. The van der Waals surface area contributed by atoms with Crippen LogP contribution in [0.15, 0.2) is 18.2 Å². The predicted molar refractivity (Wildman–Crippen MR) is 69.2 cm³/mol. The molecule has 0 saturated carbocycles. The average Bonchev–Trinajstić information content (AvgIpc) is 2.26. The van der Waals surface area contributed by atoms with Gasteiger partial charge in [0.2, 0.25) is 0 Å². The van der Waals surface area contributed by atoms with E-state index in [1.807, 2.05) is 24.1 Å². The van der Waals surface area contributed by atoms with Crippen LogP contribution in [0.1, 0.15) is 12.5 Å². The van der Waals surface area contributed by atoms with E-state index in [9.17, 15) is 0 Å². The molecular formula is C12H19ClN2O. The smallest absolute Gasteiger partial charge is 0.0642 e. The molecule has 0 aliphatic rings. The second-order valence-corrected chi connectivity index (χ2v) is 4.08. The molecule has 4 heteroatoms. The number of rotatable bonds is 6. The topological polar surface area (TPSA) is 35.5 Å². The van der Waals surface area contributed by atoms with E-state index in [0.29, 0.717) is 6.54 Å². The summed E-state index contributed by atoms with van der Waals surface area (Å²) in [6.07, 6.45) is 0. The number of likely N-dealkylation sites (N-methyl/N-ethyl adjacent to an activating group) is 1. The molecule has 1 rings (SSSR count). The van der Waals surface area contributed by atoms with E-state index in [0.717, 1.165) is 29.4 Å². The van der Waals surface area contributed by atoms with E-state index in [2.05, 4.69) is 18.3 Å². The van der Waals surface area contributed by atoms with Gasteiger partial charge >= 0.3 is 0 Å². The maximum atomic E-state index is 8.96. The molecule has 0 aliphatic heterocycles. The number of hydrogen-bond acceptors (Lipinski definition) is 3. The van der Waals surface area contributed by atoms with Gasteiger partial charge in [0.05, 0.1) is 17.3 Å². The minimum Gasteiger partial charge on any atom is -0.395 e. The first-order valence-electron chi connectivity index (χ1n) is 5.50. The molecule has 16 heavy (non-hydrogen) atoms. The summed E-state index contributed by atoms with van der Waals surface area (Å²) in [5, 5.41) is 13.0. The fourth-order valence-electron chi connectivity index (χ4n) is 1.65. The molecule has 0 aromatic heterocycles. The Labute approximate surface area is 102 Å².